The minimum atomic E-state index is -1.03. The molecule has 6 atom stereocenters. The number of aryl methyl sites for hydroxylation is 1. The summed E-state index contributed by atoms with van der Waals surface area (Å²) in [5.41, 5.74) is 0.804. The Morgan fingerprint density at radius 2 is 1.68 bits per heavy atom. The van der Waals surface area contributed by atoms with Crippen LogP contribution in [0.2, 0.25) is 0 Å². The summed E-state index contributed by atoms with van der Waals surface area (Å²) in [5, 5.41) is 24.4. The maximum Gasteiger partial charge on any atom is 0.242 e. The fourth-order valence-corrected chi connectivity index (χ4v) is 9.79. The molecule has 2 N–H and O–H groups in total. The van der Waals surface area contributed by atoms with Crippen molar-refractivity contribution in [3.05, 3.63) is 23.5 Å². The van der Waals surface area contributed by atoms with Crippen molar-refractivity contribution in [2.75, 3.05) is 66.7 Å². The molecule has 1 aromatic rings. The summed E-state index contributed by atoms with van der Waals surface area (Å²) in [7, 11) is 3.07. The highest BCUT2D eigenvalue weighted by Gasteiger charge is 2.65. The number of nitrogens with one attached hydrogen (secondary N) is 1. The largest absolute Gasteiger partial charge is 0.383 e. The molecule has 50 heavy (non-hydrogen) atoms. The van der Waals surface area contributed by atoms with Gasteiger partial charge in [-0.05, 0) is 94.1 Å². The molecule has 13 heteroatoms. The second-order valence-electron chi connectivity index (χ2n) is 15.5. The van der Waals surface area contributed by atoms with Crippen LogP contribution in [-0.4, -0.2) is 120 Å². The molecule has 0 bridgehead atoms. The van der Waals surface area contributed by atoms with Crippen LogP contribution in [0.15, 0.2) is 17.8 Å². The molecule has 0 saturated heterocycles. The Labute approximate surface area is 296 Å². The molecular weight excluding hydrogens is 640 g/mol. The molecule has 0 aromatic carbocycles. The zero-order valence-corrected chi connectivity index (χ0v) is 30.7. The summed E-state index contributed by atoms with van der Waals surface area (Å²) in [5.74, 6) is 1.10. The Kier molecular flexibility index (Phi) is 12.3. The van der Waals surface area contributed by atoms with Gasteiger partial charge >= 0.3 is 0 Å². The van der Waals surface area contributed by atoms with Gasteiger partial charge in [0, 0.05) is 45.7 Å². The molecule has 1 aromatic heterocycles. The number of ether oxygens (including phenoxy) is 2. The third kappa shape index (κ3) is 7.75. The number of carbonyl (C=O) groups is 4. The molecule has 0 aliphatic heterocycles. The number of amides is 2. The van der Waals surface area contributed by atoms with Gasteiger partial charge in [0.1, 0.15) is 17.1 Å². The van der Waals surface area contributed by atoms with Crippen molar-refractivity contribution in [1.82, 2.24) is 30.1 Å². The Morgan fingerprint density at radius 1 is 0.980 bits per heavy atom. The predicted octanol–water partition coefficient (Wildman–Crippen LogP) is 2.52. The molecule has 1 heterocycles. The molecule has 4 aliphatic rings. The quantitative estimate of drug-likeness (QED) is 0.232. The lowest BCUT2D eigenvalue weighted by Gasteiger charge is -2.59. The van der Waals surface area contributed by atoms with Crippen molar-refractivity contribution >= 4 is 23.4 Å². The van der Waals surface area contributed by atoms with Crippen LogP contribution in [0.3, 0.4) is 0 Å². The molecule has 0 spiro atoms. The Hall–Kier alpha value is -3.00. The number of rotatable bonds is 17. The summed E-state index contributed by atoms with van der Waals surface area (Å²) in [6.07, 6.45) is 11.9. The van der Waals surface area contributed by atoms with E-state index in [1.54, 1.807) is 11.8 Å². The number of methoxy groups -OCH3 is 2. The first kappa shape index (κ1) is 38.2. The van der Waals surface area contributed by atoms with E-state index in [0.29, 0.717) is 62.4 Å². The number of nitrogens with zero attached hydrogens (tertiary/aromatic N) is 5. The highest BCUT2D eigenvalue weighted by Crippen LogP contribution is 2.69. The van der Waals surface area contributed by atoms with Crippen LogP contribution < -0.4 is 5.32 Å². The lowest BCUT2D eigenvalue weighted by Crippen LogP contribution is -2.53. The highest BCUT2D eigenvalue weighted by molar-refractivity contribution is 5.91. The van der Waals surface area contributed by atoms with Gasteiger partial charge in [-0.15, -0.1) is 5.10 Å². The topological polar surface area (TPSA) is 156 Å². The first-order valence-corrected chi connectivity index (χ1v) is 18.5. The standard InChI is InChI=1S/C37H58N6O7/c1-26(44)23-41(17-19-49-4)34(47)25-42(18-20-50-5)33(46)22-38-15-6-16-43-24-32(39-40-43)37(48)14-11-31-29-8-7-27-21-28(45)9-12-35(27,2)30(29)10-13-36(31,37)3/h21,24,29-31,38,48H,6-20,22-23,25H2,1-5H3/t29?,30?,31?,35-,36-,37+/m0/s1. The maximum absolute atomic E-state index is 13.1. The number of Topliss-reactive ketones (excluding diaryl/α,β-unsaturated/α-hetero) is 1. The van der Waals surface area contributed by atoms with E-state index >= 15 is 0 Å². The minimum Gasteiger partial charge on any atom is -0.383 e. The fraction of sp³-hybridized carbons (Fsp3) is 0.784. The lowest BCUT2D eigenvalue weighted by atomic mass is 9.46. The van der Waals surface area contributed by atoms with Crippen molar-refractivity contribution in [1.29, 1.82) is 0 Å². The predicted molar refractivity (Wildman–Crippen MR) is 186 cm³/mol. The normalized spacial score (nSPS) is 30.2. The van der Waals surface area contributed by atoms with Crippen LogP contribution in [0.1, 0.15) is 84.3 Å². The average molecular weight is 699 g/mol. The summed E-state index contributed by atoms with van der Waals surface area (Å²) >= 11 is 0. The van der Waals surface area contributed by atoms with E-state index in [4.69, 9.17) is 9.47 Å². The zero-order valence-electron chi connectivity index (χ0n) is 30.7. The van der Waals surface area contributed by atoms with Gasteiger partial charge < -0.3 is 29.7 Å². The number of fused-ring (bicyclic) bond motifs is 5. The highest BCUT2D eigenvalue weighted by atomic mass is 16.5. The van der Waals surface area contributed by atoms with E-state index in [1.807, 2.05) is 12.3 Å². The van der Waals surface area contributed by atoms with Crippen molar-refractivity contribution in [2.24, 2.45) is 28.6 Å². The first-order valence-electron chi connectivity index (χ1n) is 18.5. The van der Waals surface area contributed by atoms with Crippen molar-refractivity contribution in [2.45, 2.75) is 90.7 Å². The molecule has 3 saturated carbocycles. The zero-order chi connectivity index (χ0) is 36.1. The smallest absolute Gasteiger partial charge is 0.242 e. The fourth-order valence-electron chi connectivity index (χ4n) is 9.79. The lowest BCUT2D eigenvalue weighted by molar-refractivity contribution is -0.142. The van der Waals surface area contributed by atoms with Crippen LogP contribution in [0.4, 0.5) is 0 Å². The van der Waals surface area contributed by atoms with Gasteiger partial charge in [0.15, 0.2) is 5.78 Å². The Morgan fingerprint density at radius 3 is 2.38 bits per heavy atom. The van der Waals surface area contributed by atoms with Gasteiger partial charge in [0.05, 0.1) is 39.0 Å². The average Bonchev–Trinajstić information content (AvgIpc) is 3.67. The van der Waals surface area contributed by atoms with Crippen LogP contribution >= 0.6 is 0 Å². The number of hydrogen-bond acceptors (Lipinski definition) is 10. The van der Waals surface area contributed by atoms with E-state index in [-0.39, 0.29) is 73.5 Å². The number of aliphatic hydroxyl groups is 1. The molecule has 3 unspecified atom stereocenters. The third-order valence-electron chi connectivity index (χ3n) is 12.7. The van der Waals surface area contributed by atoms with E-state index in [1.165, 1.54) is 29.4 Å². The van der Waals surface area contributed by atoms with Crippen LogP contribution in [0, 0.1) is 28.6 Å². The molecule has 4 aliphatic carbocycles. The van der Waals surface area contributed by atoms with Crippen molar-refractivity contribution in [3.63, 3.8) is 0 Å². The molecule has 13 nitrogen and oxygen atoms in total. The van der Waals surface area contributed by atoms with Gasteiger partial charge in [-0.1, -0.05) is 24.6 Å². The molecule has 278 valence electrons. The van der Waals surface area contributed by atoms with Gasteiger partial charge in [0.25, 0.3) is 0 Å². The van der Waals surface area contributed by atoms with E-state index < -0.39 is 5.60 Å². The molecule has 5 rings (SSSR count). The van der Waals surface area contributed by atoms with Crippen LogP contribution in [-0.2, 0) is 40.8 Å². The second-order valence-corrected chi connectivity index (χ2v) is 15.5. The second kappa shape index (κ2) is 16.1. The summed E-state index contributed by atoms with van der Waals surface area (Å²) < 4.78 is 12.0. The van der Waals surface area contributed by atoms with Crippen LogP contribution in [0.5, 0.6) is 0 Å². The molecule has 3 fully saturated rings. The van der Waals surface area contributed by atoms with Gasteiger partial charge in [-0.2, -0.15) is 0 Å². The van der Waals surface area contributed by atoms with Gasteiger partial charge in [0.2, 0.25) is 11.8 Å². The minimum absolute atomic E-state index is 0.0307. The molecule has 0 radical (unpaired) electrons. The molecule has 2 amide bonds. The third-order valence-corrected chi connectivity index (χ3v) is 12.7. The van der Waals surface area contributed by atoms with E-state index in [9.17, 15) is 24.3 Å². The van der Waals surface area contributed by atoms with E-state index in [2.05, 4.69) is 29.5 Å². The van der Waals surface area contributed by atoms with Gasteiger partial charge in [-0.3, -0.25) is 23.9 Å². The summed E-state index contributed by atoms with van der Waals surface area (Å²) in [4.78, 5) is 52.8. The number of allylic oxidation sites excluding steroid dienone is 1. The summed E-state index contributed by atoms with van der Waals surface area (Å²) in [6.45, 7) is 8.18. The van der Waals surface area contributed by atoms with Crippen molar-refractivity contribution < 1.29 is 33.8 Å². The summed E-state index contributed by atoms with van der Waals surface area (Å²) in [6, 6.07) is 0. The molecular formula is C37H58N6O7. The Bertz CT molecular complexity index is 1430. The van der Waals surface area contributed by atoms with E-state index in [0.717, 1.165) is 38.5 Å². The Balaban J connectivity index is 1.12. The number of hydrogen-bond donors (Lipinski definition) is 2. The number of carbonyl (C=O) groups excluding carboxylic acids is 4. The SMILES string of the molecule is COCCN(CC(C)=O)C(=O)CN(CCOC)C(=O)CNCCCn1cc([C@]2(O)CCC3C4CCC5=CC(=O)CC[C@]5(C)C4CC[C@@]32C)nn1. The van der Waals surface area contributed by atoms with Gasteiger partial charge in [-0.25, -0.2) is 0 Å². The number of aromatic nitrogens is 3. The monoisotopic (exact) mass is 698 g/mol. The van der Waals surface area contributed by atoms with Crippen molar-refractivity contribution in [3.8, 4) is 0 Å². The maximum atomic E-state index is 13.1. The van der Waals surface area contributed by atoms with Crippen LogP contribution in [0.25, 0.3) is 0 Å². The number of ketones is 2. The first-order chi connectivity index (χ1) is 23.9.